The molecule has 6 rings (SSSR count). The molecule has 1 fully saturated rings. The number of aliphatic carboxylic acids is 1. The minimum absolute atomic E-state index is 0.250. The molecule has 0 bridgehead atoms. The van der Waals surface area contributed by atoms with Gasteiger partial charge in [-0.25, -0.2) is 4.79 Å². The molecule has 2 atom stereocenters. The van der Waals surface area contributed by atoms with Gasteiger partial charge >= 0.3 is 5.97 Å². The van der Waals surface area contributed by atoms with E-state index in [0.29, 0.717) is 12.0 Å². The predicted octanol–water partition coefficient (Wildman–Crippen LogP) is 6.21. The molecule has 0 saturated heterocycles. The first kappa shape index (κ1) is 19.9. The molecule has 2 aliphatic carbocycles. The highest BCUT2D eigenvalue weighted by Crippen LogP contribution is 2.53. The number of nitrogens with zero attached hydrogens (tertiary/aromatic N) is 2. The van der Waals surface area contributed by atoms with Crippen molar-refractivity contribution in [1.82, 2.24) is 0 Å². The summed E-state index contributed by atoms with van der Waals surface area (Å²) in [5.41, 5.74) is 8.69. The van der Waals surface area contributed by atoms with Crippen LogP contribution in [0.25, 0.3) is 17.2 Å². The van der Waals surface area contributed by atoms with E-state index in [0.717, 1.165) is 45.8 Å². The zero-order valence-corrected chi connectivity index (χ0v) is 18.6. The largest absolute Gasteiger partial charge is 0.477 e. The Kier molecular flexibility index (Phi) is 4.46. The summed E-state index contributed by atoms with van der Waals surface area (Å²) in [6.07, 6.45) is 4.85. The molecule has 33 heavy (non-hydrogen) atoms. The molecular weight excluding hydrogens is 428 g/mol. The molecule has 1 N–H and O–H groups in total. The molecule has 160 valence electrons. The average molecular weight is 449 g/mol. The fourth-order valence-electron chi connectivity index (χ4n) is 5.78. The molecule has 0 amide bonds. The zero-order chi connectivity index (χ0) is 22.7. The molecular formula is C28H20N2O2S. The highest BCUT2D eigenvalue weighted by atomic mass is 32.1. The standard InChI is InChI=1S/C28H20N2O2S/c29-15-17(28(31)32)12-16-8-11-26-23(13-16)21-6-3-7-25(21)30(26)18-9-10-20-19-4-1-2-5-22(19)27(33)24(20)14-18/h1-2,4-5,8-14,21,25H,3,6-7H2,(H,31,32)/b17-12-. The van der Waals surface area contributed by atoms with Crippen molar-refractivity contribution in [3.8, 4) is 17.2 Å². The lowest BCUT2D eigenvalue weighted by molar-refractivity contribution is -0.132. The highest BCUT2D eigenvalue weighted by molar-refractivity contribution is 7.81. The van der Waals surface area contributed by atoms with Crippen molar-refractivity contribution in [3.63, 3.8) is 0 Å². The summed E-state index contributed by atoms with van der Waals surface area (Å²) >= 11 is 5.82. The van der Waals surface area contributed by atoms with E-state index in [9.17, 15) is 9.90 Å². The normalized spacial score (nSPS) is 20.2. The Labute approximate surface area is 197 Å². The second-order valence-corrected chi connectivity index (χ2v) is 9.28. The quantitative estimate of drug-likeness (QED) is 0.229. The van der Waals surface area contributed by atoms with Crippen LogP contribution in [0.3, 0.4) is 0 Å². The highest BCUT2D eigenvalue weighted by Gasteiger charge is 2.42. The van der Waals surface area contributed by atoms with E-state index in [1.165, 1.54) is 29.2 Å². The Balaban J connectivity index is 1.44. The van der Waals surface area contributed by atoms with Crippen molar-refractivity contribution in [2.75, 3.05) is 4.90 Å². The van der Waals surface area contributed by atoms with Gasteiger partial charge in [0.1, 0.15) is 11.6 Å². The molecule has 2 unspecified atom stereocenters. The van der Waals surface area contributed by atoms with Gasteiger partial charge < -0.3 is 10.0 Å². The molecule has 0 aromatic heterocycles. The van der Waals surface area contributed by atoms with Gasteiger partial charge in [0.25, 0.3) is 0 Å². The van der Waals surface area contributed by atoms with Crippen LogP contribution < -0.4 is 4.90 Å². The van der Waals surface area contributed by atoms with Crippen LogP contribution in [0.5, 0.6) is 0 Å². The summed E-state index contributed by atoms with van der Waals surface area (Å²) in [5, 5.41) is 18.4. The van der Waals surface area contributed by atoms with E-state index in [2.05, 4.69) is 53.4 Å². The van der Waals surface area contributed by atoms with Gasteiger partial charge in [-0.2, -0.15) is 5.26 Å². The topological polar surface area (TPSA) is 64.3 Å². The fraction of sp³-hybridized carbons (Fsp3) is 0.179. The van der Waals surface area contributed by atoms with Crippen molar-refractivity contribution >= 4 is 40.5 Å². The summed E-state index contributed by atoms with van der Waals surface area (Å²) in [5.74, 6) is -0.797. The van der Waals surface area contributed by atoms with Crippen LogP contribution in [-0.2, 0) is 4.79 Å². The fourth-order valence-corrected chi connectivity index (χ4v) is 6.12. The van der Waals surface area contributed by atoms with Gasteiger partial charge in [-0.05, 0) is 65.4 Å². The van der Waals surface area contributed by atoms with E-state index in [1.54, 1.807) is 6.07 Å². The first-order chi connectivity index (χ1) is 16.1. The first-order valence-corrected chi connectivity index (χ1v) is 11.5. The van der Waals surface area contributed by atoms with E-state index in [4.69, 9.17) is 17.5 Å². The van der Waals surface area contributed by atoms with Gasteiger partial charge in [0.15, 0.2) is 0 Å². The summed E-state index contributed by atoms with van der Waals surface area (Å²) in [4.78, 5) is 14.6. The Morgan fingerprint density at radius 2 is 1.82 bits per heavy atom. The van der Waals surface area contributed by atoms with Gasteiger partial charge in [-0.1, -0.05) is 55.0 Å². The monoisotopic (exact) mass is 448 g/mol. The first-order valence-electron chi connectivity index (χ1n) is 11.1. The molecule has 3 aromatic rings. The Morgan fingerprint density at radius 3 is 2.61 bits per heavy atom. The smallest absolute Gasteiger partial charge is 0.346 e. The molecule has 1 aliphatic heterocycles. The van der Waals surface area contributed by atoms with E-state index < -0.39 is 5.97 Å². The third-order valence-corrected chi connectivity index (χ3v) is 7.61. The molecule has 0 radical (unpaired) electrons. The number of carboxylic acid groups (broad SMARTS) is 1. The molecule has 5 heteroatoms. The Morgan fingerprint density at radius 1 is 1.03 bits per heavy atom. The lowest BCUT2D eigenvalue weighted by Crippen LogP contribution is -2.26. The Hall–Kier alpha value is -3.75. The van der Waals surface area contributed by atoms with Gasteiger partial charge in [-0.15, -0.1) is 0 Å². The third-order valence-electron chi connectivity index (χ3n) is 7.17. The predicted molar refractivity (Wildman–Crippen MR) is 133 cm³/mol. The minimum atomic E-state index is -1.20. The maximum atomic E-state index is 11.3. The van der Waals surface area contributed by atoms with Crippen LogP contribution in [0.4, 0.5) is 11.4 Å². The summed E-state index contributed by atoms with van der Waals surface area (Å²) < 4.78 is 0. The molecule has 0 spiro atoms. The van der Waals surface area contributed by atoms with Crippen molar-refractivity contribution in [2.45, 2.75) is 31.2 Å². The average Bonchev–Trinajstić information content (AvgIpc) is 3.49. The molecule has 1 saturated carbocycles. The van der Waals surface area contributed by atoms with Crippen LogP contribution in [0, 0.1) is 11.3 Å². The maximum Gasteiger partial charge on any atom is 0.346 e. The number of nitriles is 1. The minimum Gasteiger partial charge on any atom is -0.477 e. The van der Waals surface area contributed by atoms with Crippen molar-refractivity contribution < 1.29 is 9.90 Å². The number of carboxylic acids is 1. The van der Waals surface area contributed by atoms with E-state index in [-0.39, 0.29) is 5.57 Å². The summed E-state index contributed by atoms with van der Waals surface area (Å²) in [7, 11) is 0. The van der Waals surface area contributed by atoms with Crippen LogP contribution in [0.2, 0.25) is 0 Å². The lowest BCUT2D eigenvalue weighted by atomic mass is 9.95. The molecule has 1 heterocycles. The molecule has 3 aromatic carbocycles. The molecule has 3 aliphatic rings. The van der Waals surface area contributed by atoms with Gasteiger partial charge in [0, 0.05) is 34.5 Å². The van der Waals surface area contributed by atoms with Crippen LogP contribution in [0.15, 0.2) is 66.2 Å². The number of carbonyl (C=O) groups is 1. The lowest BCUT2D eigenvalue weighted by Gasteiger charge is -2.27. The second-order valence-electron chi connectivity index (χ2n) is 8.87. The number of hydrogen-bond acceptors (Lipinski definition) is 4. The van der Waals surface area contributed by atoms with Gasteiger partial charge in [0.2, 0.25) is 0 Å². The number of benzene rings is 3. The number of anilines is 2. The SMILES string of the molecule is N#C/C(=C/c1ccc2c(c1)C1CCCC1N2c1ccc2c(c1)C(=S)c1ccccc1-2)C(=O)O. The zero-order valence-electron chi connectivity index (χ0n) is 17.8. The van der Waals surface area contributed by atoms with Crippen molar-refractivity contribution in [1.29, 1.82) is 5.26 Å². The van der Waals surface area contributed by atoms with Crippen LogP contribution >= 0.6 is 12.2 Å². The van der Waals surface area contributed by atoms with Crippen LogP contribution in [0.1, 0.15) is 47.4 Å². The maximum absolute atomic E-state index is 11.3. The number of hydrogen-bond donors (Lipinski definition) is 1. The number of rotatable bonds is 3. The Bertz CT molecular complexity index is 1430. The summed E-state index contributed by atoms with van der Waals surface area (Å²) in [6, 6.07) is 23.1. The number of thiocarbonyl (C=S) groups is 1. The van der Waals surface area contributed by atoms with E-state index in [1.807, 2.05) is 12.1 Å². The second kappa shape index (κ2) is 7.40. The van der Waals surface area contributed by atoms with Gasteiger partial charge in [0.05, 0.1) is 4.86 Å². The van der Waals surface area contributed by atoms with Crippen LogP contribution in [-0.4, -0.2) is 22.0 Å². The summed E-state index contributed by atoms with van der Waals surface area (Å²) in [6.45, 7) is 0. The van der Waals surface area contributed by atoms with Crippen molar-refractivity contribution in [3.05, 3.63) is 88.5 Å². The van der Waals surface area contributed by atoms with E-state index >= 15 is 0 Å². The number of fused-ring (bicyclic) bond motifs is 6. The van der Waals surface area contributed by atoms with Crippen molar-refractivity contribution in [2.24, 2.45) is 0 Å². The van der Waals surface area contributed by atoms with Gasteiger partial charge in [-0.3, -0.25) is 0 Å². The molecule has 4 nitrogen and oxygen atoms in total. The third kappa shape index (κ3) is 2.95.